The van der Waals surface area contributed by atoms with E-state index in [1.54, 1.807) is 0 Å². The van der Waals surface area contributed by atoms with Crippen LogP contribution in [0, 0.1) is 0 Å². The van der Waals surface area contributed by atoms with Crippen molar-refractivity contribution in [1.82, 2.24) is 0 Å². The molecular formula is C3H7NO3SZn. The monoisotopic (exact) mass is 201 g/mol. The fraction of sp³-hybridized carbons (Fsp3) is 0.667. The summed E-state index contributed by atoms with van der Waals surface area (Å²) in [6.45, 7) is 0. The molecule has 0 aromatic heterocycles. The maximum atomic E-state index is 9.76. The molecule has 0 saturated carbocycles. The molecule has 3 N–H and O–H groups in total. The molecule has 4 nitrogen and oxygen atoms in total. The number of nitrogens with two attached hydrogens (primary N) is 1. The smallest absolute Gasteiger partial charge is 2.00 e. The number of aliphatic carboxylic acids is 1. The summed E-state index contributed by atoms with van der Waals surface area (Å²) in [6, 6.07) is -0.816. The normalized spacial score (nSPS) is 10.4. The molecule has 0 fully saturated rings. The van der Waals surface area contributed by atoms with Gasteiger partial charge < -0.3 is 16.3 Å². The second kappa shape index (κ2) is 8.36. The molecule has 0 aliphatic heterocycles. The van der Waals surface area contributed by atoms with Crippen LogP contribution in [0.3, 0.4) is 0 Å². The summed E-state index contributed by atoms with van der Waals surface area (Å²) >= 11 is 3.65. The minimum absolute atomic E-state index is 0. The molecule has 0 radical (unpaired) electrons. The summed E-state index contributed by atoms with van der Waals surface area (Å²) in [4.78, 5) is 9.76. The number of carbonyl (C=O) groups is 1. The number of hydrogen-bond donors (Lipinski definition) is 3. The molecule has 0 unspecified atom stereocenters. The van der Waals surface area contributed by atoms with Gasteiger partial charge >= 0.3 is 25.4 Å². The molecule has 0 saturated heterocycles. The molecule has 0 aliphatic carbocycles. The predicted molar refractivity (Wildman–Crippen MR) is 30.2 cm³/mol. The molecule has 0 bridgehead atoms. The molecule has 1 atom stereocenters. The predicted octanol–water partition coefficient (Wildman–Crippen LogP) is -0.793. The van der Waals surface area contributed by atoms with Crippen LogP contribution >= 0.6 is 12.6 Å². The van der Waals surface area contributed by atoms with Crippen molar-refractivity contribution in [3.05, 3.63) is 0 Å². The quantitative estimate of drug-likeness (QED) is 0.405. The number of carboxylic acid groups (broad SMARTS) is 1. The standard InChI is InChI=1S/C3H7NO2S.O.Zn/c4-2(1-7)3(5)6;;/h2,7H,1,4H2,(H,5,6);;/q;-2;+2/t2-;;/m0../s1. The fourth-order valence-electron chi connectivity index (χ4n) is 0.0781. The third kappa shape index (κ3) is 8.36. The van der Waals surface area contributed by atoms with Crippen LogP contribution in [0.4, 0.5) is 0 Å². The Morgan fingerprint density at radius 1 is 1.78 bits per heavy atom. The van der Waals surface area contributed by atoms with Crippen LogP contribution in [-0.2, 0) is 29.7 Å². The second-order valence-corrected chi connectivity index (χ2v) is 1.49. The molecule has 0 aliphatic rings. The molecule has 0 spiro atoms. The molecule has 0 aromatic carbocycles. The van der Waals surface area contributed by atoms with Gasteiger partial charge in [0.15, 0.2) is 0 Å². The Morgan fingerprint density at radius 3 is 2.11 bits per heavy atom. The molecule has 6 heteroatoms. The van der Waals surface area contributed by atoms with Crippen LogP contribution in [0.15, 0.2) is 0 Å². The van der Waals surface area contributed by atoms with Crippen LogP contribution in [-0.4, -0.2) is 22.9 Å². The van der Waals surface area contributed by atoms with Crippen molar-refractivity contribution in [3.63, 3.8) is 0 Å². The first-order chi connectivity index (χ1) is 3.18. The summed E-state index contributed by atoms with van der Waals surface area (Å²) in [5.41, 5.74) is 4.94. The molecule has 50 valence electrons. The van der Waals surface area contributed by atoms with Gasteiger partial charge in [-0.2, -0.15) is 12.6 Å². The zero-order valence-electron chi connectivity index (χ0n) is 4.78. The summed E-state index contributed by atoms with van der Waals surface area (Å²) in [5, 5.41) is 8.01. The average Bonchev–Trinajstić information content (AvgIpc) is 1.65. The second-order valence-electron chi connectivity index (χ2n) is 1.13. The Morgan fingerprint density at radius 2 is 2.11 bits per heavy atom. The Kier molecular flexibility index (Phi) is 15.0. The summed E-state index contributed by atoms with van der Waals surface area (Å²) < 4.78 is 0. The fourth-order valence-corrected chi connectivity index (χ4v) is 0.234. The Hall–Kier alpha value is 0.363. The number of thiol groups is 1. The molecular weight excluding hydrogens is 195 g/mol. The Bertz CT molecular complexity index is 81.5. The van der Waals surface area contributed by atoms with Gasteiger partial charge in [-0.3, -0.25) is 4.79 Å². The average molecular weight is 203 g/mol. The molecule has 0 rings (SSSR count). The zero-order valence-corrected chi connectivity index (χ0v) is 8.64. The largest absolute Gasteiger partial charge is 2.00 e. The summed E-state index contributed by atoms with van der Waals surface area (Å²) in [6.07, 6.45) is 0. The van der Waals surface area contributed by atoms with Crippen molar-refractivity contribution >= 4 is 18.6 Å². The number of hydrogen-bond acceptors (Lipinski definition) is 3. The van der Waals surface area contributed by atoms with E-state index in [-0.39, 0.29) is 30.7 Å². The van der Waals surface area contributed by atoms with Crippen molar-refractivity contribution in [3.8, 4) is 0 Å². The number of carboxylic acids is 1. The third-order valence-electron chi connectivity index (χ3n) is 0.514. The Labute approximate surface area is 71.3 Å². The van der Waals surface area contributed by atoms with E-state index in [1.165, 1.54) is 0 Å². The van der Waals surface area contributed by atoms with Gasteiger partial charge in [-0.1, -0.05) is 0 Å². The van der Waals surface area contributed by atoms with Gasteiger partial charge in [0.2, 0.25) is 0 Å². The van der Waals surface area contributed by atoms with E-state index in [2.05, 4.69) is 12.6 Å². The first-order valence-electron chi connectivity index (χ1n) is 1.77. The first kappa shape index (κ1) is 16.2. The van der Waals surface area contributed by atoms with Crippen molar-refractivity contribution in [2.75, 3.05) is 5.75 Å². The van der Waals surface area contributed by atoms with Gasteiger partial charge in [0.1, 0.15) is 6.04 Å². The van der Waals surface area contributed by atoms with Crippen molar-refractivity contribution in [2.45, 2.75) is 6.04 Å². The van der Waals surface area contributed by atoms with E-state index in [0.29, 0.717) is 0 Å². The minimum Gasteiger partial charge on any atom is -2.00 e. The van der Waals surface area contributed by atoms with Crippen molar-refractivity contribution in [2.24, 2.45) is 5.73 Å². The van der Waals surface area contributed by atoms with Crippen LogP contribution < -0.4 is 5.73 Å². The van der Waals surface area contributed by atoms with E-state index in [0.717, 1.165) is 0 Å². The number of rotatable bonds is 2. The van der Waals surface area contributed by atoms with Gasteiger partial charge in [0, 0.05) is 5.75 Å². The van der Waals surface area contributed by atoms with Gasteiger partial charge in [-0.15, -0.1) is 0 Å². The minimum atomic E-state index is -1.00. The molecule has 0 heterocycles. The maximum absolute atomic E-state index is 9.76. The molecule has 9 heavy (non-hydrogen) atoms. The van der Waals surface area contributed by atoms with Crippen molar-refractivity contribution < 1.29 is 34.9 Å². The molecule has 0 amide bonds. The van der Waals surface area contributed by atoms with E-state index in [1.807, 2.05) is 0 Å². The first-order valence-corrected chi connectivity index (χ1v) is 2.41. The summed E-state index contributed by atoms with van der Waals surface area (Å²) in [7, 11) is 0. The topological polar surface area (TPSA) is 91.8 Å². The van der Waals surface area contributed by atoms with Gasteiger partial charge in [-0.05, 0) is 0 Å². The van der Waals surface area contributed by atoms with Crippen molar-refractivity contribution in [1.29, 1.82) is 0 Å². The zero-order chi connectivity index (χ0) is 5.86. The van der Waals surface area contributed by atoms with Crippen LogP contribution in [0.25, 0.3) is 0 Å². The molecule has 0 aromatic rings. The summed E-state index contributed by atoms with van der Waals surface area (Å²) in [5.74, 6) is -0.815. The van der Waals surface area contributed by atoms with E-state index < -0.39 is 12.0 Å². The van der Waals surface area contributed by atoms with Crippen LogP contribution in [0.1, 0.15) is 0 Å². The maximum Gasteiger partial charge on any atom is 2.00 e. The third-order valence-corrected chi connectivity index (χ3v) is 0.907. The van der Waals surface area contributed by atoms with Crippen LogP contribution in [0.2, 0.25) is 0 Å². The van der Waals surface area contributed by atoms with E-state index >= 15 is 0 Å². The van der Waals surface area contributed by atoms with Crippen LogP contribution in [0.5, 0.6) is 0 Å². The van der Waals surface area contributed by atoms with E-state index in [4.69, 9.17) is 10.8 Å². The Balaban J connectivity index is -0.000000180. The van der Waals surface area contributed by atoms with E-state index in [9.17, 15) is 4.79 Å². The van der Waals surface area contributed by atoms with Gasteiger partial charge in [0.25, 0.3) is 0 Å². The van der Waals surface area contributed by atoms with Gasteiger partial charge in [0.05, 0.1) is 0 Å². The van der Waals surface area contributed by atoms with Gasteiger partial charge in [-0.25, -0.2) is 0 Å². The SMILES string of the molecule is N[C@@H](CS)C(=O)O.[O-2].[Zn+2].